The number of thiophene rings is 1. The first-order valence-corrected chi connectivity index (χ1v) is 16.0. The number of fused-ring (bicyclic) bond motifs is 1. The van der Waals surface area contributed by atoms with Gasteiger partial charge in [-0.05, 0) is 81.0 Å². The van der Waals surface area contributed by atoms with E-state index in [9.17, 15) is 9.18 Å². The Balaban J connectivity index is 1.13. The van der Waals surface area contributed by atoms with Crippen LogP contribution in [0.5, 0.6) is 11.5 Å². The molecule has 220 valence electrons. The number of aromatic nitrogens is 2. The van der Waals surface area contributed by atoms with E-state index in [0.717, 1.165) is 59.8 Å². The van der Waals surface area contributed by atoms with Crippen LogP contribution in [0.4, 0.5) is 4.39 Å². The molecule has 0 bridgehead atoms. The number of ether oxygens (including phenoxy) is 1. The van der Waals surface area contributed by atoms with Gasteiger partial charge in [-0.25, -0.2) is 4.39 Å². The second-order valence-corrected chi connectivity index (χ2v) is 13.1. The van der Waals surface area contributed by atoms with Crippen molar-refractivity contribution in [3.63, 3.8) is 0 Å². The maximum atomic E-state index is 15.0. The molecule has 1 aromatic carbocycles. The fourth-order valence-corrected chi connectivity index (χ4v) is 7.18. The SMILES string of the molecule is CCCN1[C@H](C)CN(Cc2ccc(-c3cc4nccc(Oc5ccc(CC(=O)CC6CC6)cc5F)c4s3)nc2)C[C@@H]1C. The third kappa shape index (κ3) is 6.72. The summed E-state index contributed by atoms with van der Waals surface area (Å²) in [5.74, 6) is 0.921. The Bertz CT molecular complexity index is 1540. The number of nitrogens with zero attached hydrogens (tertiary/aromatic N) is 4. The van der Waals surface area contributed by atoms with Crippen LogP contribution in [0.3, 0.4) is 0 Å². The van der Waals surface area contributed by atoms with Gasteiger partial charge in [-0.2, -0.15) is 0 Å². The molecule has 6 rings (SSSR count). The first-order chi connectivity index (χ1) is 20.4. The van der Waals surface area contributed by atoms with Crippen molar-refractivity contribution < 1.29 is 13.9 Å². The van der Waals surface area contributed by atoms with Gasteiger partial charge in [0.1, 0.15) is 11.5 Å². The van der Waals surface area contributed by atoms with Crippen LogP contribution in [0.15, 0.2) is 54.9 Å². The highest BCUT2D eigenvalue weighted by Crippen LogP contribution is 2.39. The van der Waals surface area contributed by atoms with Gasteiger partial charge in [-0.15, -0.1) is 11.3 Å². The first kappa shape index (κ1) is 28.9. The minimum absolute atomic E-state index is 0.137. The van der Waals surface area contributed by atoms with Gasteiger partial charge in [-0.3, -0.25) is 24.6 Å². The van der Waals surface area contributed by atoms with Crippen LogP contribution in [-0.4, -0.2) is 57.3 Å². The van der Waals surface area contributed by atoms with Gasteiger partial charge in [0, 0.05) is 63.0 Å². The maximum absolute atomic E-state index is 15.0. The Kier molecular flexibility index (Phi) is 8.65. The summed E-state index contributed by atoms with van der Waals surface area (Å²) in [6.45, 7) is 11.1. The van der Waals surface area contributed by atoms with E-state index in [1.165, 1.54) is 29.4 Å². The molecular weight excluding hydrogens is 547 g/mol. The lowest BCUT2D eigenvalue weighted by atomic mass is 10.0. The second-order valence-electron chi connectivity index (χ2n) is 12.0. The number of halogens is 1. The predicted octanol–water partition coefficient (Wildman–Crippen LogP) is 7.51. The van der Waals surface area contributed by atoms with Crippen LogP contribution in [0.2, 0.25) is 0 Å². The van der Waals surface area contributed by atoms with Crippen LogP contribution >= 0.6 is 11.3 Å². The summed E-state index contributed by atoms with van der Waals surface area (Å²) in [6.07, 6.45) is 7.97. The van der Waals surface area contributed by atoms with Crippen LogP contribution in [0, 0.1) is 11.7 Å². The highest BCUT2D eigenvalue weighted by Gasteiger charge is 2.28. The van der Waals surface area contributed by atoms with E-state index in [4.69, 9.17) is 9.72 Å². The normalized spacial score (nSPS) is 19.8. The van der Waals surface area contributed by atoms with Gasteiger partial charge in [-0.1, -0.05) is 19.1 Å². The number of rotatable bonds is 11. The summed E-state index contributed by atoms with van der Waals surface area (Å²) in [6, 6.07) is 13.9. The molecule has 1 aliphatic heterocycles. The van der Waals surface area contributed by atoms with Crippen LogP contribution < -0.4 is 4.74 Å². The Hall–Kier alpha value is -3.20. The molecule has 2 fully saturated rings. The molecule has 0 spiro atoms. The van der Waals surface area contributed by atoms with Crippen LogP contribution in [0.25, 0.3) is 20.8 Å². The molecule has 0 amide bonds. The number of ketones is 1. The van der Waals surface area contributed by atoms with Gasteiger partial charge in [0.15, 0.2) is 11.6 Å². The molecular formula is C34H39FN4O2S. The Labute approximate surface area is 251 Å². The summed E-state index contributed by atoms with van der Waals surface area (Å²) in [5.41, 5.74) is 3.56. The highest BCUT2D eigenvalue weighted by atomic mass is 32.1. The molecule has 0 radical (unpaired) electrons. The zero-order valence-electron chi connectivity index (χ0n) is 24.7. The molecule has 42 heavy (non-hydrogen) atoms. The molecule has 8 heteroatoms. The van der Waals surface area contributed by atoms with Crippen molar-refractivity contribution in [1.29, 1.82) is 0 Å². The van der Waals surface area contributed by atoms with Crippen LogP contribution in [-0.2, 0) is 17.8 Å². The number of hydrogen-bond acceptors (Lipinski definition) is 7. The van der Waals surface area contributed by atoms with Crippen molar-refractivity contribution in [3.8, 4) is 22.1 Å². The molecule has 2 aliphatic rings. The monoisotopic (exact) mass is 586 g/mol. The third-order valence-electron chi connectivity index (χ3n) is 8.35. The maximum Gasteiger partial charge on any atom is 0.166 e. The molecule has 6 nitrogen and oxygen atoms in total. The largest absolute Gasteiger partial charge is 0.453 e. The molecule has 2 atom stereocenters. The van der Waals surface area contributed by atoms with Crippen molar-refractivity contribution in [2.45, 2.75) is 71.5 Å². The zero-order chi connectivity index (χ0) is 29.2. The van der Waals surface area contributed by atoms with E-state index >= 15 is 0 Å². The Morgan fingerprint density at radius 1 is 1.02 bits per heavy atom. The van der Waals surface area contributed by atoms with Gasteiger partial charge in [0.2, 0.25) is 0 Å². The Morgan fingerprint density at radius 2 is 1.81 bits per heavy atom. The lowest BCUT2D eigenvalue weighted by Gasteiger charge is -2.44. The minimum atomic E-state index is -0.471. The predicted molar refractivity (Wildman–Crippen MR) is 167 cm³/mol. The summed E-state index contributed by atoms with van der Waals surface area (Å²) in [5, 5.41) is 0. The fraction of sp³-hybridized carbons (Fsp3) is 0.441. The number of Topliss-reactive ketones (excluding diaryl/α,β-unsaturated/α-hetero) is 1. The van der Waals surface area contributed by atoms with E-state index in [0.29, 0.717) is 35.7 Å². The Morgan fingerprint density at radius 3 is 2.50 bits per heavy atom. The van der Waals surface area contributed by atoms with E-state index in [-0.39, 0.29) is 18.0 Å². The number of pyridine rings is 2. The molecule has 4 heterocycles. The fourth-order valence-electron chi connectivity index (χ4n) is 6.14. The van der Waals surface area contributed by atoms with Gasteiger partial charge < -0.3 is 4.74 Å². The summed E-state index contributed by atoms with van der Waals surface area (Å²) in [4.78, 5) is 27.7. The number of carbonyl (C=O) groups is 1. The molecule has 1 aliphatic carbocycles. The van der Waals surface area contributed by atoms with Crippen LogP contribution in [0.1, 0.15) is 57.6 Å². The average molecular weight is 587 g/mol. The lowest BCUT2D eigenvalue weighted by molar-refractivity contribution is -0.118. The number of piperazine rings is 1. The van der Waals surface area contributed by atoms with Gasteiger partial charge >= 0.3 is 0 Å². The van der Waals surface area contributed by atoms with Crippen molar-refractivity contribution in [1.82, 2.24) is 19.8 Å². The zero-order valence-corrected chi connectivity index (χ0v) is 25.5. The average Bonchev–Trinajstić information content (AvgIpc) is 3.66. The third-order valence-corrected chi connectivity index (χ3v) is 9.51. The first-order valence-electron chi connectivity index (χ1n) is 15.2. The number of hydrogen-bond donors (Lipinski definition) is 0. The van der Waals surface area contributed by atoms with Gasteiger partial charge in [0.25, 0.3) is 0 Å². The number of carbonyl (C=O) groups excluding carboxylic acids is 1. The van der Waals surface area contributed by atoms with Crippen molar-refractivity contribution in [2.75, 3.05) is 19.6 Å². The number of benzene rings is 1. The summed E-state index contributed by atoms with van der Waals surface area (Å²) in [7, 11) is 0. The molecule has 4 aromatic rings. The standard InChI is InChI=1S/C34H39FN4O2S/c1-4-13-39-22(2)19-38(20-23(39)3)21-26-7-9-29(37-18-26)33-17-30-34(42-33)32(11-12-36-30)41-31-10-8-25(16-28(31)35)15-27(40)14-24-5-6-24/h7-12,16-18,22-24H,4-6,13-15,19-21H2,1-3H3/t22-,23+. The van der Waals surface area contributed by atoms with Crippen molar-refractivity contribution in [2.24, 2.45) is 5.92 Å². The van der Waals surface area contributed by atoms with E-state index in [1.54, 1.807) is 24.4 Å². The van der Waals surface area contributed by atoms with Crippen molar-refractivity contribution >= 4 is 27.3 Å². The van der Waals surface area contributed by atoms with Gasteiger partial charge in [0.05, 0.1) is 20.8 Å². The molecule has 1 saturated heterocycles. The topological polar surface area (TPSA) is 58.6 Å². The smallest absolute Gasteiger partial charge is 0.166 e. The minimum Gasteiger partial charge on any atom is -0.453 e. The molecule has 3 aromatic heterocycles. The second kappa shape index (κ2) is 12.6. The van der Waals surface area contributed by atoms with E-state index < -0.39 is 5.82 Å². The quantitative estimate of drug-likeness (QED) is 0.181. The summed E-state index contributed by atoms with van der Waals surface area (Å²) >= 11 is 1.54. The molecule has 0 unspecified atom stereocenters. The van der Waals surface area contributed by atoms with Crippen molar-refractivity contribution in [3.05, 3.63) is 71.8 Å². The lowest BCUT2D eigenvalue weighted by Crippen LogP contribution is -2.56. The molecule has 1 saturated carbocycles. The molecule has 0 N–H and O–H groups in total. The highest BCUT2D eigenvalue weighted by molar-refractivity contribution is 7.22. The summed E-state index contributed by atoms with van der Waals surface area (Å²) < 4.78 is 21.8. The van der Waals surface area contributed by atoms with E-state index in [1.807, 2.05) is 12.3 Å². The van der Waals surface area contributed by atoms with E-state index in [2.05, 4.69) is 47.7 Å².